The largest absolute Gasteiger partial charge is 0.417 e. The van der Waals surface area contributed by atoms with Gasteiger partial charge in [0.25, 0.3) is 5.91 Å². The molecule has 202 valence electrons. The number of alkyl halides is 6. The molecule has 2 aromatic carbocycles. The lowest BCUT2D eigenvalue weighted by Gasteiger charge is -2.20. The zero-order valence-corrected chi connectivity index (χ0v) is 20.3. The third kappa shape index (κ3) is 6.70. The third-order valence-corrected chi connectivity index (χ3v) is 5.55. The number of carbonyl (C=O) groups is 1. The zero-order chi connectivity index (χ0) is 28.4. The van der Waals surface area contributed by atoms with Crippen LogP contribution in [0.25, 0.3) is 5.83 Å². The quantitative estimate of drug-likeness (QED) is 0.186. The molecule has 0 saturated carbocycles. The summed E-state index contributed by atoms with van der Waals surface area (Å²) in [6, 6.07) is 4.11. The zero-order valence-electron chi connectivity index (χ0n) is 18.8. The number of carbonyl (C=O) groups excluding carboxylic acids is 1. The number of benzene rings is 2. The van der Waals surface area contributed by atoms with Crippen molar-refractivity contribution < 1.29 is 39.9 Å². The van der Waals surface area contributed by atoms with Gasteiger partial charge in [0.1, 0.15) is 11.7 Å². The van der Waals surface area contributed by atoms with Crippen molar-refractivity contribution >= 4 is 40.9 Å². The first kappa shape index (κ1) is 29.1. The van der Waals surface area contributed by atoms with Crippen LogP contribution in [0.15, 0.2) is 54.9 Å². The maximum Gasteiger partial charge on any atom is 0.417 e. The number of nitrogens with one attached hydrogen (secondary N) is 1. The molecule has 0 fully saturated rings. The number of anilines is 1. The second kappa shape index (κ2) is 11.1. The monoisotopic (exact) mass is 584 g/mol. The van der Waals surface area contributed by atoms with E-state index in [2.05, 4.69) is 15.4 Å². The summed E-state index contributed by atoms with van der Waals surface area (Å²) in [5.74, 6) is -6.96. The molecule has 1 N–H and O–H groups in total. The normalized spacial score (nSPS) is 13.3. The number of hydrazine groups is 1. The fourth-order valence-corrected chi connectivity index (χ4v) is 3.73. The van der Waals surface area contributed by atoms with Crippen molar-refractivity contribution in [2.45, 2.75) is 18.3 Å². The van der Waals surface area contributed by atoms with Crippen LogP contribution >= 0.6 is 23.2 Å². The van der Waals surface area contributed by atoms with Crippen molar-refractivity contribution in [2.75, 3.05) is 12.1 Å². The van der Waals surface area contributed by atoms with E-state index in [1.54, 1.807) is 0 Å². The van der Waals surface area contributed by atoms with Crippen molar-refractivity contribution in [3.8, 4) is 0 Å². The average Bonchev–Trinajstić information content (AvgIpc) is 2.84. The molecule has 3 aromatic rings. The van der Waals surface area contributed by atoms with Gasteiger partial charge in [-0.2, -0.15) is 26.3 Å². The van der Waals surface area contributed by atoms with Crippen LogP contribution in [0.3, 0.4) is 0 Å². The highest BCUT2D eigenvalue weighted by Gasteiger charge is 2.41. The van der Waals surface area contributed by atoms with Crippen LogP contribution in [0, 0.1) is 5.82 Å². The molecule has 0 saturated heterocycles. The summed E-state index contributed by atoms with van der Waals surface area (Å²) in [5.41, 5.74) is -2.09. The Hall–Kier alpha value is -3.45. The molecule has 1 aromatic heterocycles. The van der Waals surface area contributed by atoms with Crippen molar-refractivity contribution in [3.05, 3.63) is 93.0 Å². The fourth-order valence-electron chi connectivity index (χ4n) is 3.23. The van der Waals surface area contributed by atoms with Gasteiger partial charge < -0.3 is 0 Å². The van der Waals surface area contributed by atoms with Crippen LogP contribution in [0.4, 0.5) is 41.1 Å². The maximum absolute atomic E-state index is 14.9. The summed E-state index contributed by atoms with van der Waals surface area (Å²) < 4.78 is 111. The minimum absolute atomic E-state index is 0.00432. The third-order valence-electron chi connectivity index (χ3n) is 5.00. The number of aromatic nitrogens is 2. The first-order valence-corrected chi connectivity index (χ1v) is 11.0. The highest BCUT2D eigenvalue weighted by Crippen LogP contribution is 2.41. The molecule has 0 radical (unpaired) electrons. The Bertz CT molecular complexity index is 1340. The van der Waals surface area contributed by atoms with Gasteiger partial charge in [0.05, 0.1) is 21.2 Å². The predicted octanol–water partition coefficient (Wildman–Crippen LogP) is 7.38. The highest BCUT2D eigenvalue weighted by atomic mass is 35.5. The highest BCUT2D eigenvalue weighted by molar-refractivity contribution is 6.35. The Morgan fingerprint density at radius 1 is 1.03 bits per heavy atom. The number of rotatable bonds is 6. The van der Waals surface area contributed by atoms with Crippen LogP contribution in [0.2, 0.25) is 10.0 Å². The molecule has 0 bridgehead atoms. The van der Waals surface area contributed by atoms with Gasteiger partial charge in [0, 0.05) is 25.0 Å². The Labute approximate surface area is 219 Å². The van der Waals surface area contributed by atoms with Crippen LogP contribution in [0.1, 0.15) is 33.0 Å². The second-order valence-electron chi connectivity index (χ2n) is 7.64. The van der Waals surface area contributed by atoms with Crippen LogP contribution in [0.5, 0.6) is 0 Å². The molecule has 15 heteroatoms. The minimum atomic E-state index is -5.19. The molecule has 1 amide bonds. The predicted molar refractivity (Wildman–Crippen MR) is 124 cm³/mol. The molecule has 38 heavy (non-hydrogen) atoms. The van der Waals surface area contributed by atoms with Crippen molar-refractivity contribution in [1.29, 1.82) is 0 Å². The van der Waals surface area contributed by atoms with Gasteiger partial charge in [-0.05, 0) is 42.0 Å². The second-order valence-corrected chi connectivity index (χ2v) is 8.45. The first-order valence-electron chi connectivity index (χ1n) is 10.2. The van der Waals surface area contributed by atoms with Gasteiger partial charge in [-0.15, -0.1) is 0 Å². The number of hydrogen-bond donors (Lipinski definition) is 1. The fraction of sp³-hybridized carbons (Fsp3) is 0.174. The number of allylic oxidation sites excluding steroid dienone is 1. The summed E-state index contributed by atoms with van der Waals surface area (Å²) in [6.07, 6.45) is -7.71. The molecule has 0 spiro atoms. The topological polar surface area (TPSA) is 58.1 Å². The summed E-state index contributed by atoms with van der Waals surface area (Å²) >= 11 is 11.1. The van der Waals surface area contributed by atoms with Crippen LogP contribution in [-0.2, 0) is 6.18 Å². The molecular weight excluding hydrogens is 571 g/mol. The van der Waals surface area contributed by atoms with E-state index in [-0.39, 0.29) is 18.1 Å². The minimum Gasteiger partial charge on any atom is -0.267 e. The van der Waals surface area contributed by atoms with Gasteiger partial charge >= 0.3 is 12.4 Å². The number of hydrogen-bond acceptors (Lipinski definition) is 4. The van der Waals surface area contributed by atoms with E-state index >= 15 is 0 Å². The summed E-state index contributed by atoms with van der Waals surface area (Å²) in [7, 11) is 1.25. The number of nitrogens with zero attached hydrogens (tertiary/aromatic N) is 3. The first-order chi connectivity index (χ1) is 17.6. The van der Waals surface area contributed by atoms with Gasteiger partial charge in [0.2, 0.25) is 5.95 Å². The number of halogens is 10. The molecular formula is C23H14Cl2F8N4O. The maximum atomic E-state index is 14.9. The van der Waals surface area contributed by atoms with E-state index < -0.39 is 68.1 Å². The molecule has 1 heterocycles. The summed E-state index contributed by atoms with van der Waals surface area (Å²) in [6.45, 7) is 0. The lowest BCUT2D eigenvalue weighted by atomic mass is 9.95. The lowest BCUT2D eigenvalue weighted by Crippen LogP contribution is -2.41. The van der Waals surface area contributed by atoms with Gasteiger partial charge in [-0.25, -0.2) is 18.7 Å². The lowest BCUT2D eigenvalue weighted by molar-refractivity contribution is -0.140. The van der Waals surface area contributed by atoms with Gasteiger partial charge in [-0.3, -0.25) is 15.2 Å². The van der Waals surface area contributed by atoms with Crippen LogP contribution < -0.4 is 10.4 Å². The van der Waals surface area contributed by atoms with E-state index in [0.717, 1.165) is 5.01 Å². The van der Waals surface area contributed by atoms with Crippen LogP contribution in [-0.4, -0.2) is 29.1 Å². The van der Waals surface area contributed by atoms with E-state index in [0.29, 0.717) is 24.3 Å². The molecule has 0 aliphatic heterocycles. The number of amides is 1. The van der Waals surface area contributed by atoms with Gasteiger partial charge in [0.15, 0.2) is 5.82 Å². The Balaban J connectivity index is 2.01. The molecule has 3 rings (SSSR count). The summed E-state index contributed by atoms with van der Waals surface area (Å²) in [5, 5.41) is -0.601. The average molecular weight is 585 g/mol. The molecule has 0 aliphatic carbocycles. The Morgan fingerprint density at radius 2 is 1.61 bits per heavy atom. The molecule has 1 unspecified atom stereocenters. The SMILES string of the molecule is CN(NC(=O)c1ccc(/C(F)=C/C(c2cc(Cl)c(F)c(Cl)c2)C(F)(F)F)cc1C(F)(F)F)c1ncccn1. The van der Waals surface area contributed by atoms with E-state index in [9.17, 15) is 39.9 Å². The van der Waals surface area contributed by atoms with E-state index in [4.69, 9.17) is 23.2 Å². The van der Waals surface area contributed by atoms with Crippen molar-refractivity contribution in [1.82, 2.24) is 15.4 Å². The Morgan fingerprint density at radius 3 is 2.13 bits per heavy atom. The smallest absolute Gasteiger partial charge is 0.267 e. The van der Waals surface area contributed by atoms with E-state index in [1.807, 2.05) is 0 Å². The standard InChI is InChI=1S/C23H14Cl2F8N4O/c1-37(21-34-5-2-6-35-21)36-20(38)13-4-3-11(7-15(13)23(31,32)33)18(26)10-14(22(28,29)30)12-8-16(24)19(27)17(25)9-12/h2-10,14H,1H3,(H,36,38)/b18-10-. The van der Waals surface area contributed by atoms with Crippen molar-refractivity contribution in [3.63, 3.8) is 0 Å². The molecule has 0 aliphatic rings. The Kier molecular flexibility index (Phi) is 8.52. The molecule has 1 atom stereocenters. The van der Waals surface area contributed by atoms with Gasteiger partial charge in [-0.1, -0.05) is 29.3 Å². The summed E-state index contributed by atoms with van der Waals surface area (Å²) in [4.78, 5) is 20.2. The van der Waals surface area contributed by atoms with E-state index in [1.165, 1.54) is 25.5 Å². The van der Waals surface area contributed by atoms with Crippen molar-refractivity contribution in [2.24, 2.45) is 0 Å². The molecule has 5 nitrogen and oxygen atoms in total.